The van der Waals surface area contributed by atoms with Crippen molar-refractivity contribution in [2.24, 2.45) is 11.8 Å². The fourth-order valence-electron chi connectivity index (χ4n) is 2.99. The molecule has 1 aliphatic carbocycles. The van der Waals surface area contributed by atoms with Gasteiger partial charge in [-0.25, -0.2) is 4.79 Å². The smallest absolute Gasteiger partial charge is 0.332 e. The van der Waals surface area contributed by atoms with E-state index in [1.165, 1.54) is 0 Å². The van der Waals surface area contributed by atoms with Gasteiger partial charge in [-0.15, -0.1) is 0 Å². The Labute approximate surface area is 149 Å². The summed E-state index contributed by atoms with van der Waals surface area (Å²) >= 11 is 0. The highest BCUT2D eigenvalue weighted by molar-refractivity contribution is 5.86. The van der Waals surface area contributed by atoms with Crippen LogP contribution in [0.3, 0.4) is 0 Å². The van der Waals surface area contributed by atoms with E-state index in [-0.39, 0.29) is 30.5 Å². The summed E-state index contributed by atoms with van der Waals surface area (Å²) in [5.74, 6) is -1.52. The van der Waals surface area contributed by atoms with Crippen LogP contribution < -0.4 is 0 Å². The molecule has 4 atom stereocenters. The van der Waals surface area contributed by atoms with Gasteiger partial charge in [-0.1, -0.05) is 43.4 Å². The lowest BCUT2D eigenvalue weighted by Gasteiger charge is -2.16. The molecular formula is C20H30O5. The second-order valence-electron chi connectivity index (χ2n) is 6.45. The first-order valence-electron chi connectivity index (χ1n) is 9.05. The van der Waals surface area contributed by atoms with Crippen molar-refractivity contribution < 1.29 is 24.9 Å². The molecule has 0 bridgehead atoms. The number of rotatable bonds is 11. The molecule has 0 radical (unpaired) electrons. The zero-order valence-electron chi connectivity index (χ0n) is 14.9. The molecule has 0 aromatic heterocycles. The van der Waals surface area contributed by atoms with E-state index >= 15 is 0 Å². The highest BCUT2D eigenvalue weighted by atomic mass is 16.4. The molecule has 1 rings (SSSR count). The number of carbonyl (C=O) groups excluding carboxylic acids is 1. The molecule has 3 N–H and O–H groups in total. The Morgan fingerprint density at radius 2 is 1.84 bits per heavy atom. The third kappa shape index (κ3) is 7.80. The monoisotopic (exact) mass is 350 g/mol. The third-order valence-corrected chi connectivity index (χ3v) is 4.45. The van der Waals surface area contributed by atoms with Crippen LogP contribution in [0.4, 0.5) is 0 Å². The fraction of sp³-hybridized carbons (Fsp3) is 0.600. The highest BCUT2D eigenvalue weighted by Gasteiger charge is 2.38. The molecule has 1 fully saturated rings. The van der Waals surface area contributed by atoms with Gasteiger partial charge in [0.1, 0.15) is 5.78 Å². The maximum Gasteiger partial charge on any atom is 0.332 e. The van der Waals surface area contributed by atoms with Crippen LogP contribution in [0.5, 0.6) is 0 Å². The number of Topliss-reactive ketones (excluding diaryl/α,β-unsaturated/α-hetero) is 1. The van der Waals surface area contributed by atoms with Gasteiger partial charge in [0, 0.05) is 18.3 Å². The molecule has 0 aromatic rings. The molecule has 1 saturated carbocycles. The molecular weight excluding hydrogens is 320 g/mol. The number of aliphatic hydroxyl groups is 2. The number of aliphatic hydroxyl groups excluding tert-OH is 2. The number of ketones is 1. The zero-order chi connectivity index (χ0) is 18.7. The third-order valence-electron chi connectivity index (χ3n) is 4.45. The first-order chi connectivity index (χ1) is 12.0. The fourth-order valence-corrected chi connectivity index (χ4v) is 2.99. The second-order valence-corrected chi connectivity index (χ2v) is 6.45. The number of carboxylic acids is 1. The van der Waals surface area contributed by atoms with Crippen molar-refractivity contribution in [3.63, 3.8) is 0 Å². The molecule has 0 aliphatic heterocycles. The van der Waals surface area contributed by atoms with E-state index in [1.807, 2.05) is 18.2 Å². The molecule has 1 aliphatic rings. The summed E-state index contributed by atoms with van der Waals surface area (Å²) in [7, 11) is 0. The van der Waals surface area contributed by atoms with Crippen LogP contribution >= 0.6 is 0 Å². The zero-order valence-corrected chi connectivity index (χ0v) is 14.9. The minimum absolute atomic E-state index is 0.0764. The van der Waals surface area contributed by atoms with Gasteiger partial charge in [0.05, 0.1) is 6.10 Å². The number of hydrogen-bond donors (Lipinski definition) is 3. The van der Waals surface area contributed by atoms with Gasteiger partial charge in [-0.05, 0) is 38.5 Å². The first-order valence-corrected chi connectivity index (χ1v) is 9.05. The number of unbranched alkanes of at least 4 members (excludes halogenated alkanes) is 1. The number of hydrogen-bond acceptors (Lipinski definition) is 4. The Bertz CT molecular complexity index is 506. The number of allylic oxidation sites excluding steroid dienone is 6. The largest absolute Gasteiger partial charge is 0.479 e. The van der Waals surface area contributed by atoms with Gasteiger partial charge < -0.3 is 15.3 Å². The predicted molar refractivity (Wildman–Crippen MR) is 97.0 cm³/mol. The normalized spacial score (nSPS) is 25.6. The van der Waals surface area contributed by atoms with Crippen molar-refractivity contribution in [2.45, 2.75) is 64.1 Å². The molecule has 0 amide bonds. The average molecular weight is 350 g/mol. The summed E-state index contributed by atoms with van der Waals surface area (Å²) < 4.78 is 0. The van der Waals surface area contributed by atoms with Gasteiger partial charge in [0.2, 0.25) is 0 Å². The van der Waals surface area contributed by atoms with Crippen LogP contribution in [0.15, 0.2) is 36.5 Å². The highest BCUT2D eigenvalue weighted by Crippen LogP contribution is 2.33. The van der Waals surface area contributed by atoms with E-state index in [0.29, 0.717) is 12.8 Å². The van der Waals surface area contributed by atoms with E-state index in [1.54, 1.807) is 6.08 Å². The van der Waals surface area contributed by atoms with Gasteiger partial charge in [0.25, 0.3) is 0 Å². The van der Waals surface area contributed by atoms with E-state index in [9.17, 15) is 19.8 Å². The molecule has 0 saturated heterocycles. The summed E-state index contributed by atoms with van der Waals surface area (Å²) in [4.78, 5) is 22.6. The van der Waals surface area contributed by atoms with Crippen LogP contribution in [0, 0.1) is 11.8 Å². The standard InChI is InChI=1S/C20H30O5/c1-2-3-4-5-6-8-11-15-16(19(23)14-18(15)22)12-9-7-10-13-17(21)20(24)25/h3-4,7-9,11,15-17,19,21,23H,2,5-6,10,12-14H2,1H3,(H,24,25)/b4-3-,9-7-,11-8+/t15-,16-,17?,19+/m1/s1. The van der Waals surface area contributed by atoms with Crippen LogP contribution in [0.25, 0.3) is 0 Å². The lowest BCUT2D eigenvalue weighted by atomic mass is 9.90. The van der Waals surface area contributed by atoms with Crippen molar-refractivity contribution in [2.75, 3.05) is 0 Å². The topological polar surface area (TPSA) is 94.8 Å². The predicted octanol–water partition coefficient (Wildman–Crippen LogP) is 3.03. The van der Waals surface area contributed by atoms with Crippen LogP contribution in [0.1, 0.15) is 51.9 Å². The van der Waals surface area contributed by atoms with Crippen molar-refractivity contribution >= 4 is 11.8 Å². The summed E-state index contributed by atoms with van der Waals surface area (Å²) in [6.45, 7) is 2.09. The SMILES string of the molecule is CC/C=C\CC/C=C/[C@H]1C(=O)C[C@H](O)[C@@H]1C/C=C\CCC(O)C(=O)O. The molecule has 1 unspecified atom stereocenters. The summed E-state index contributed by atoms with van der Waals surface area (Å²) in [5.41, 5.74) is 0. The molecule has 0 heterocycles. The maximum atomic E-state index is 12.1. The summed E-state index contributed by atoms with van der Waals surface area (Å²) in [5, 5.41) is 27.9. The van der Waals surface area contributed by atoms with Gasteiger partial charge in [-0.2, -0.15) is 0 Å². The maximum absolute atomic E-state index is 12.1. The molecule has 5 heteroatoms. The Hall–Kier alpha value is -1.72. The lowest BCUT2D eigenvalue weighted by molar-refractivity contribution is -0.146. The van der Waals surface area contributed by atoms with E-state index in [0.717, 1.165) is 19.3 Å². The van der Waals surface area contributed by atoms with Crippen molar-refractivity contribution in [3.8, 4) is 0 Å². The van der Waals surface area contributed by atoms with Crippen molar-refractivity contribution in [1.82, 2.24) is 0 Å². The molecule has 5 nitrogen and oxygen atoms in total. The average Bonchev–Trinajstić information content (AvgIpc) is 2.83. The Morgan fingerprint density at radius 3 is 2.52 bits per heavy atom. The Morgan fingerprint density at radius 1 is 1.16 bits per heavy atom. The minimum Gasteiger partial charge on any atom is -0.479 e. The number of carboxylic acid groups (broad SMARTS) is 1. The van der Waals surface area contributed by atoms with Crippen molar-refractivity contribution in [3.05, 3.63) is 36.5 Å². The lowest BCUT2D eigenvalue weighted by Crippen LogP contribution is -2.19. The van der Waals surface area contributed by atoms with Crippen LogP contribution in [0.2, 0.25) is 0 Å². The summed E-state index contributed by atoms with van der Waals surface area (Å²) in [6.07, 6.45) is 14.1. The first kappa shape index (κ1) is 21.3. The second kappa shape index (κ2) is 11.8. The Kier molecular flexibility index (Phi) is 10.0. The van der Waals surface area contributed by atoms with E-state index in [2.05, 4.69) is 19.1 Å². The Balaban J connectivity index is 2.46. The summed E-state index contributed by atoms with van der Waals surface area (Å²) in [6, 6.07) is 0. The van der Waals surface area contributed by atoms with E-state index in [4.69, 9.17) is 5.11 Å². The molecule has 140 valence electrons. The van der Waals surface area contributed by atoms with Gasteiger partial charge in [0.15, 0.2) is 6.10 Å². The van der Waals surface area contributed by atoms with Crippen LogP contribution in [-0.4, -0.2) is 39.3 Å². The molecule has 0 aromatic carbocycles. The molecule has 25 heavy (non-hydrogen) atoms. The molecule has 0 spiro atoms. The van der Waals surface area contributed by atoms with Gasteiger partial charge >= 0.3 is 5.97 Å². The quantitative estimate of drug-likeness (QED) is 0.393. The van der Waals surface area contributed by atoms with Gasteiger partial charge in [-0.3, -0.25) is 4.79 Å². The van der Waals surface area contributed by atoms with E-state index < -0.39 is 18.2 Å². The number of aliphatic carboxylic acids is 1. The number of carbonyl (C=O) groups is 2. The minimum atomic E-state index is -1.35. The van der Waals surface area contributed by atoms with Crippen LogP contribution in [-0.2, 0) is 9.59 Å². The van der Waals surface area contributed by atoms with Crippen molar-refractivity contribution in [1.29, 1.82) is 0 Å².